The van der Waals surface area contributed by atoms with Gasteiger partial charge in [0.05, 0.1) is 12.0 Å². The Morgan fingerprint density at radius 2 is 1.48 bits per heavy atom. The molecule has 1 unspecified atom stereocenters. The molecule has 0 aromatic heterocycles. The smallest absolute Gasteiger partial charge is 0.245 e. The van der Waals surface area contributed by atoms with Gasteiger partial charge in [-0.1, -0.05) is 40.7 Å². The maximum atomic E-state index is 15.4. The van der Waals surface area contributed by atoms with E-state index < -0.39 is 34.9 Å². The van der Waals surface area contributed by atoms with Gasteiger partial charge in [0.2, 0.25) is 17.7 Å². The van der Waals surface area contributed by atoms with E-state index in [9.17, 15) is 18.8 Å². The van der Waals surface area contributed by atoms with Gasteiger partial charge in [0.25, 0.3) is 0 Å². The fourth-order valence-electron chi connectivity index (χ4n) is 8.34. The van der Waals surface area contributed by atoms with Crippen LogP contribution in [0.5, 0.6) is 0 Å². The van der Waals surface area contributed by atoms with E-state index in [-0.39, 0.29) is 47.3 Å². The van der Waals surface area contributed by atoms with Gasteiger partial charge in [0.1, 0.15) is 17.7 Å². The maximum absolute atomic E-state index is 15.4. The van der Waals surface area contributed by atoms with Crippen molar-refractivity contribution in [1.82, 2.24) is 24.5 Å². The SMILES string of the molecule is CN1CCN(C(=O)[C@@H]2CC(N(C(=O)C(C)(C)C)C3CCC(C)(C)CC3)CN2C(=O)[C@@H]2CN(C(C)(C)C)C[C@H]2c2ccc(F)cc2F)CC1. The van der Waals surface area contributed by atoms with Crippen LogP contribution < -0.4 is 0 Å². The first kappa shape index (κ1) is 36.7. The summed E-state index contributed by atoms with van der Waals surface area (Å²) in [6.45, 7) is 20.4. The molecular weight excluding hydrogens is 612 g/mol. The van der Waals surface area contributed by atoms with Gasteiger partial charge in [-0.2, -0.15) is 0 Å². The number of amides is 3. The van der Waals surface area contributed by atoms with Crippen molar-refractivity contribution in [3.05, 3.63) is 35.4 Å². The largest absolute Gasteiger partial charge is 0.338 e. The third-order valence-corrected chi connectivity index (χ3v) is 11.6. The minimum atomic E-state index is -0.705. The Hall–Kier alpha value is -2.59. The van der Waals surface area contributed by atoms with Crippen molar-refractivity contribution in [2.75, 3.05) is 52.9 Å². The molecule has 3 heterocycles. The second-order valence-electron chi connectivity index (χ2n) is 17.8. The van der Waals surface area contributed by atoms with Gasteiger partial charge in [-0.3, -0.25) is 19.3 Å². The number of likely N-dealkylation sites (tertiary alicyclic amines) is 2. The third-order valence-electron chi connectivity index (χ3n) is 11.6. The minimum Gasteiger partial charge on any atom is -0.338 e. The fourth-order valence-corrected chi connectivity index (χ4v) is 8.34. The molecule has 48 heavy (non-hydrogen) atoms. The molecule has 3 saturated heterocycles. The summed E-state index contributed by atoms with van der Waals surface area (Å²) >= 11 is 0. The standard InChI is InChI=1S/C38H59F2N5O3/c1-36(2,3)35(48)45(26-12-14-38(7,8)15-13-26)27-21-32(34(47)42-18-16-41(9)17-19-42)44(22-27)33(46)30-24-43(37(4,5)6)23-29(30)28-11-10-25(39)20-31(28)40/h10-11,20,26-27,29-30,32H,12-19,21-24H2,1-9H3/t27?,29-,30+,32-/m0/s1. The molecule has 1 aromatic carbocycles. The van der Waals surface area contributed by atoms with Crippen LogP contribution in [0.2, 0.25) is 0 Å². The molecule has 3 amide bonds. The Morgan fingerprint density at radius 1 is 0.854 bits per heavy atom. The predicted molar refractivity (Wildman–Crippen MR) is 184 cm³/mol. The van der Waals surface area contributed by atoms with Gasteiger partial charge in [-0.05, 0) is 77.0 Å². The Bertz CT molecular complexity index is 1350. The molecule has 4 aliphatic rings. The molecule has 10 heteroatoms. The molecule has 4 fully saturated rings. The van der Waals surface area contributed by atoms with E-state index in [1.165, 1.54) is 12.1 Å². The number of carbonyl (C=O) groups is 3. The van der Waals surface area contributed by atoms with E-state index in [0.717, 1.165) is 44.8 Å². The van der Waals surface area contributed by atoms with Crippen molar-refractivity contribution in [3.8, 4) is 0 Å². The van der Waals surface area contributed by atoms with Crippen LogP contribution in [0, 0.1) is 28.4 Å². The van der Waals surface area contributed by atoms with Crippen molar-refractivity contribution >= 4 is 17.7 Å². The van der Waals surface area contributed by atoms with Gasteiger partial charge in [-0.25, -0.2) is 8.78 Å². The molecule has 1 aliphatic carbocycles. The van der Waals surface area contributed by atoms with Crippen LogP contribution in [0.1, 0.15) is 99.0 Å². The summed E-state index contributed by atoms with van der Waals surface area (Å²) in [6.07, 6.45) is 4.21. The second kappa shape index (κ2) is 13.6. The zero-order valence-corrected chi connectivity index (χ0v) is 30.8. The number of hydrogen-bond donors (Lipinski definition) is 0. The van der Waals surface area contributed by atoms with Crippen LogP contribution in [0.4, 0.5) is 8.78 Å². The van der Waals surface area contributed by atoms with Crippen LogP contribution >= 0.6 is 0 Å². The molecule has 3 aliphatic heterocycles. The van der Waals surface area contributed by atoms with Crippen molar-refractivity contribution in [1.29, 1.82) is 0 Å². The Kier molecular flexibility index (Phi) is 10.4. The second-order valence-corrected chi connectivity index (χ2v) is 17.8. The first-order valence-electron chi connectivity index (χ1n) is 18.1. The average molecular weight is 672 g/mol. The van der Waals surface area contributed by atoms with Crippen LogP contribution in [0.15, 0.2) is 18.2 Å². The van der Waals surface area contributed by atoms with Gasteiger partial charge in [0.15, 0.2) is 0 Å². The topological polar surface area (TPSA) is 67.4 Å². The number of piperazine rings is 1. The Morgan fingerprint density at radius 3 is 2.04 bits per heavy atom. The van der Waals surface area contributed by atoms with E-state index in [1.807, 2.05) is 32.7 Å². The highest BCUT2D eigenvalue weighted by atomic mass is 19.1. The maximum Gasteiger partial charge on any atom is 0.245 e. The number of benzene rings is 1. The zero-order chi connectivity index (χ0) is 35.3. The monoisotopic (exact) mass is 671 g/mol. The van der Waals surface area contributed by atoms with E-state index in [1.54, 1.807) is 4.90 Å². The van der Waals surface area contributed by atoms with Crippen molar-refractivity contribution in [3.63, 3.8) is 0 Å². The highest BCUT2D eigenvalue weighted by Crippen LogP contribution is 2.43. The molecular formula is C38H59F2N5O3. The number of halogens is 2. The lowest BCUT2D eigenvalue weighted by molar-refractivity contribution is -0.147. The summed E-state index contributed by atoms with van der Waals surface area (Å²) in [4.78, 5) is 53.7. The van der Waals surface area contributed by atoms with Crippen molar-refractivity contribution in [2.24, 2.45) is 16.7 Å². The van der Waals surface area contributed by atoms with Crippen molar-refractivity contribution < 1.29 is 23.2 Å². The van der Waals surface area contributed by atoms with E-state index in [4.69, 9.17) is 0 Å². The summed E-state index contributed by atoms with van der Waals surface area (Å²) < 4.78 is 29.4. The molecule has 0 radical (unpaired) electrons. The van der Waals surface area contributed by atoms with E-state index in [0.29, 0.717) is 38.2 Å². The Labute approximate surface area is 287 Å². The number of hydrogen-bond acceptors (Lipinski definition) is 5. The fraction of sp³-hybridized carbons (Fsp3) is 0.763. The summed E-state index contributed by atoms with van der Waals surface area (Å²) in [5.74, 6) is -2.61. The van der Waals surface area contributed by atoms with Gasteiger partial charge >= 0.3 is 0 Å². The predicted octanol–water partition coefficient (Wildman–Crippen LogP) is 5.37. The number of likely N-dealkylation sites (N-methyl/N-ethyl adjacent to an activating group) is 1. The average Bonchev–Trinajstić information content (AvgIpc) is 3.63. The molecule has 5 rings (SSSR count). The van der Waals surface area contributed by atoms with Crippen LogP contribution in [-0.4, -0.2) is 119 Å². The molecule has 1 saturated carbocycles. The quantitative estimate of drug-likeness (QED) is 0.422. The first-order valence-corrected chi connectivity index (χ1v) is 18.1. The Balaban J connectivity index is 1.51. The van der Waals surface area contributed by atoms with Crippen molar-refractivity contribution in [2.45, 2.75) is 117 Å². The van der Waals surface area contributed by atoms with Gasteiger partial charge in [0, 0.05) is 74.8 Å². The molecule has 0 spiro atoms. The zero-order valence-electron chi connectivity index (χ0n) is 30.8. The molecule has 8 nitrogen and oxygen atoms in total. The van der Waals surface area contributed by atoms with E-state index in [2.05, 4.69) is 49.3 Å². The summed E-state index contributed by atoms with van der Waals surface area (Å²) in [5.41, 5.74) is -0.354. The molecule has 1 aromatic rings. The highest BCUT2D eigenvalue weighted by Gasteiger charge is 2.52. The lowest BCUT2D eigenvalue weighted by Gasteiger charge is -2.45. The molecule has 0 bridgehead atoms. The normalized spacial score (nSPS) is 27.8. The summed E-state index contributed by atoms with van der Waals surface area (Å²) in [7, 11) is 2.04. The highest BCUT2D eigenvalue weighted by molar-refractivity contribution is 5.91. The van der Waals surface area contributed by atoms with E-state index >= 15 is 4.39 Å². The van der Waals surface area contributed by atoms with Crippen LogP contribution in [-0.2, 0) is 14.4 Å². The van der Waals surface area contributed by atoms with Gasteiger partial charge in [-0.15, -0.1) is 0 Å². The lowest BCUT2D eigenvalue weighted by Crippen LogP contribution is -2.54. The summed E-state index contributed by atoms with van der Waals surface area (Å²) in [5, 5.41) is 0. The van der Waals surface area contributed by atoms with Crippen LogP contribution in [0.3, 0.4) is 0 Å². The number of carbonyl (C=O) groups excluding carboxylic acids is 3. The van der Waals surface area contributed by atoms with Crippen LogP contribution in [0.25, 0.3) is 0 Å². The lowest BCUT2D eigenvalue weighted by atomic mass is 9.74. The minimum absolute atomic E-state index is 0.0492. The third kappa shape index (κ3) is 7.74. The molecule has 268 valence electrons. The molecule has 4 atom stereocenters. The number of nitrogens with zero attached hydrogens (tertiary/aromatic N) is 5. The molecule has 0 N–H and O–H groups in total. The summed E-state index contributed by atoms with van der Waals surface area (Å²) in [6, 6.07) is 2.66. The van der Waals surface area contributed by atoms with Gasteiger partial charge < -0.3 is 19.6 Å². The first-order chi connectivity index (χ1) is 22.3. The number of rotatable bonds is 5.